The highest BCUT2D eigenvalue weighted by Gasteiger charge is 2.25. The minimum Gasteiger partial charge on any atom is -0.490 e. The van der Waals surface area contributed by atoms with E-state index in [0.717, 1.165) is 50.5 Å². The number of benzene rings is 1. The van der Waals surface area contributed by atoms with E-state index >= 15 is 0 Å². The second-order valence-electron chi connectivity index (χ2n) is 7.26. The SMILES string of the molecule is CCn1c(C2CCN(Cc3ccc4c(c3)CC(C)O4)CC2)n[nH]c1=O. The summed E-state index contributed by atoms with van der Waals surface area (Å²) in [6.45, 7) is 7.86. The average Bonchev–Trinajstić information content (AvgIpc) is 3.16. The number of nitrogens with zero attached hydrogens (tertiary/aromatic N) is 3. The van der Waals surface area contributed by atoms with Gasteiger partial charge in [0.25, 0.3) is 0 Å². The smallest absolute Gasteiger partial charge is 0.343 e. The summed E-state index contributed by atoms with van der Waals surface area (Å²) in [6.07, 6.45) is 3.41. The van der Waals surface area contributed by atoms with E-state index in [1.54, 1.807) is 4.57 Å². The predicted molar refractivity (Wildman–Crippen MR) is 96.0 cm³/mol. The number of aromatic nitrogens is 3. The molecule has 0 saturated carbocycles. The summed E-state index contributed by atoms with van der Waals surface area (Å²) in [5.41, 5.74) is 2.61. The first-order chi connectivity index (χ1) is 12.1. The molecule has 6 nitrogen and oxygen atoms in total. The van der Waals surface area contributed by atoms with Crippen LogP contribution in [0, 0.1) is 0 Å². The van der Waals surface area contributed by atoms with Crippen LogP contribution in [0.4, 0.5) is 0 Å². The van der Waals surface area contributed by atoms with Crippen LogP contribution < -0.4 is 10.4 Å². The fourth-order valence-corrected chi connectivity index (χ4v) is 4.13. The van der Waals surface area contributed by atoms with Gasteiger partial charge in [-0.1, -0.05) is 12.1 Å². The van der Waals surface area contributed by atoms with Crippen LogP contribution >= 0.6 is 0 Å². The molecule has 1 unspecified atom stereocenters. The molecule has 2 aliphatic heterocycles. The predicted octanol–water partition coefficient (Wildman–Crippen LogP) is 2.29. The van der Waals surface area contributed by atoms with Gasteiger partial charge in [-0.15, -0.1) is 0 Å². The molecule has 6 heteroatoms. The van der Waals surface area contributed by atoms with Gasteiger partial charge in [-0.2, -0.15) is 5.10 Å². The molecule has 1 aromatic heterocycles. The third kappa shape index (κ3) is 3.23. The lowest BCUT2D eigenvalue weighted by atomic mass is 9.95. The van der Waals surface area contributed by atoms with Crippen molar-refractivity contribution in [3.8, 4) is 5.75 Å². The minimum absolute atomic E-state index is 0.0884. The molecule has 134 valence electrons. The third-order valence-corrected chi connectivity index (χ3v) is 5.42. The molecular formula is C19H26N4O2. The summed E-state index contributed by atoms with van der Waals surface area (Å²) in [5, 5.41) is 6.85. The highest BCUT2D eigenvalue weighted by Crippen LogP contribution is 2.31. The number of aromatic amines is 1. The van der Waals surface area contributed by atoms with E-state index in [1.165, 1.54) is 11.1 Å². The van der Waals surface area contributed by atoms with Gasteiger partial charge in [0.15, 0.2) is 0 Å². The molecule has 0 amide bonds. The normalized spacial score (nSPS) is 21.3. The Balaban J connectivity index is 1.38. The van der Waals surface area contributed by atoms with Gasteiger partial charge in [0.2, 0.25) is 0 Å². The van der Waals surface area contributed by atoms with Crippen LogP contribution in [0.15, 0.2) is 23.0 Å². The molecule has 4 rings (SSSR count). The van der Waals surface area contributed by atoms with Crippen LogP contribution in [-0.4, -0.2) is 38.9 Å². The molecular weight excluding hydrogens is 316 g/mol. The van der Waals surface area contributed by atoms with Crippen molar-refractivity contribution in [2.45, 2.75) is 58.2 Å². The maximum atomic E-state index is 11.8. The van der Waals surface area contributed by atoms with E-state index in [1.807, 2.05) is 6.92 Å². The molecule has 1 saturated heterocycles. The van der Waals surface area contributed by atoms with Crippen LogP contribution in [-0.2, 0) is 19.5 Å². The van der Waals surface area contributed by atoms with Gasteiger partial charge in [-0.3, -0.25) is 9.47 Å². The Morgan fingerprint density at radius 3 is 2.88 bits per heavy atom. The minimum atomic E-state index is -0.0884. The first-order valence-corrected chi connectivity index (χ1v) is 9.30. The molecule has 1 atom stereocenters. The van der Waals surface area contributed by atoms with Gasteiger partial charge in [-0.25, -0.2) is 9.89 Å². The summed E-state index contributed by atoms with van der Waals surface area (Å²) in [4.78, 5) is 14.3. The number of ether oxygens (including phenoxy) is 1. The maximum absolute atomic E-state index is 11.8. The number of hydrogen-bond acceptors (Lipinski definition) is 4. The lowest BCUT2D eigenvalue weighted by Gasteiger charge is -2.31. The summed E-state index contributed by atoms with van der Waals surface area (Å²) in [7, 11) is 0. The molecule has 25 heavy (non-hydrogen) atoms. The first kappa shape index (κ1) is 16.4. The largest absolute Gasteiger partial charge is 0.490 e. The fourth-order valence-electron chi connectivity index (χ4n) is 4.13. The zero-order chi connectivity index (χ0) is 17.4. The van der Waals surface area contributed by atoms with E-state index < -0.39 is 0 Å². The number of nitrogens with one attached hydrogen (secondary N) is 1. The van der Waals surface area contributed by atoms with Crippen LogP contribution in [0.1, 0.15) is 49.6 Å². The highest BCUT2D eigenvalue weighted by atomic mass is 16.5. The molecule has 2 aromatic rings. The van der Waals surface area contributed by atoms with Crippen molar-refractivity contribution in [3.05, 3.63) is 45.6 Å². The number of fused-ring (bicyclic) bond motifs is 1. The lowest BCUT2D eigenvalue weighted by molar-refractivity contribution is 0.200. The van der Waals surface area contributed by atoms with Crippen molar-refractivity contribution in [3.63, 3.8) is 0 Å². The second-order valence-corrected chi connectivity index (χ2v) is 7.26. The molecule has 1 fully saturated rings. The van der Waals surface area contributed by atoms with E-state index in [0.29, 0.717) is 18.6 Å². The quantitative estimate of drug-likeness (QED) is 0.926. The number of rotatable bonds is 4. The Morgan fingerprint density at radius 2 is 2.12 bits per heavy atom. The maximum Gasteiger partial charge on any atom is 0.343 e. The van der Waals surface area contributed by atoms with Crippen LogP contribution in [0.2, 0.25) is 0 Å². The van der Waals surface area contributed by atoms with Gasteiger partial charge in [0.05, 0.1) is 0 Å². The molecule has 3 heterocycles. The summed E-state index contributed by atoms with van der Waals surface area (Å²) >= 11 is 0. The average molecular weight is 342 g/mol. The molecule has 0 spiro atoms. The van der Waals surface area contributed by atoms with E-state index in [2.05, 4.69) is 40.2 Å². The van der Waals surface area contributed by atoms with Crippen molar-refractivity contribution >= 4 is 0 Å². The number of piperidine rings is 1. The molecule has 0 aliphatic carbocycles. The Labute approximate surface area is 147 Å². The molecule has 2 aliphatic rings. The number of likely N-dealkylation sites (tertiary alicyclic amines) is 1. The zero-order valence-corrected chi connectivity index (χ0v) is 15.0. The van der Waals surface area contributed by atoms with Gasteiger partial charge in [-0.05, 0) is 57.0 Å². The van der Waals surface area contributed by atoms with Crippen molar-refractivity contribution in [2.24, 2.45) is 0 Å². The monoisotopic (exact) mass is 342 g/mol. The topological polar surface area (TPSA) is 63.1 Å². The second kappa shape index (κ2) is 6.67. The molecule has 1 N–H and O–H groups in total. The van der Waals surface area contributed by atoms with Crippen LogP contribution in [0.5, 0.6) is 5.75 Å². The van der Waals surface area contributed by atoms with Gasteiger partial charge < -0.3 is 4.74 Å². The Morgan fingerprint density at radius 1 is 1.32 bits per heavy atom. The van der Waals surface area contributed by atoms with E-state index in [-0.39, 0.29) is 5.69 Å². The number of hydrogen-bond donors (Lipinski definition) is 1. The van der Waals surface area contributed by atoms with Crippen molar-refractivity contribution in [1.29, 1.82) is 0 Å². The van der Waals surface area contributed by atoms with Crippen LogP contribution in [0.25, 0.3) is 0 Å². The van der Waals surface area contributed by atoms with Crippen molar-refractivity contribution < 1.29 is 4.74 Å². The lowest BCUT2D eigenvalue weighted by Crippen LogP contribution is -2.33. The summed E-state index contributed by atoms with van der Waals surface area (Å²) in [5.74, 6) is 2.35. The van der Waals surface area contributed by atoms with E-state index in [9.17, 15) is 4.79 Å². The van der Waals surface area contributed by atoms with Crippen molar-refractivity contribution in [1.82, 2.24) is 19.7 Å². The fraction of sp³-hybridized carbons (Fsp3) is 0.579. The van der Waals surface area contributed by atoms with Gasteiger partial charge >= 0.3 is 5.69 Å². The molecule has 1 aromatic carbocycles. The Kier molecular flexibility index (Phi) is 4.37. The van der Waals surface area contributed by atoms with Crippen molar-refractivity contribution in [2.75, 3.05) is 13.1 Å². The highest BCUT2D eigenvalue weighted by molar-refractivity contribution is 5.40. The first-order valence-electron chi connectivity index (χ1n) is 9.30. The Bertz CT molecular complexity index is 802. The summed E-state index contributed by atoms with van der Waals surface area (Å²) in [6, 6.07) is 6.60. The Hall–Kier alpha value is -2.08. The molecule has 0 bridgehead atoms. The zero-order valence-electron chi connectivity index (χ0n) is 15.0. The van der Waals surface area contributed by atoms with E-state index in [4.69, 9.17) is 4.74 Å². The van der Waals surface area contributed by atoms with Gasteiger partial charge in [0.1, 0.15) is 17.7 Å². The van der Waals surface area contributed by atoms with Gasteiger partial charge in [0, 0.05) is 25.4 Å². The third-order valence-electron chi connectivity index (χ3n) is 5.42. The van der Waals surface area contributed by atoms with Crippen LogP contribution in [0.3, 0.4) is 0 Å². The molecule has 0 radical (unpaired) electrons. The standard InChI is InChI=1S/C19H26N4O2/c1-3-23-18(20-21-19(23)24)15-6-8-22(9-7-15)12-14-4-5-17-16(11-14)10-13(2)25-17/h4-5,11,13,15H,3,6-10,12H2,1-2H3,(H,21,24). The summed E-state index contributed by atoms with van der Waals surface area (Å²) < 4.78 is 7.55. The number of H-pyrrole nitrogens is 1.